The Labute approximate surface area is 122 Å². The van der Waals surface area contributed by atoms with Gasteiger partial charge in [-0.05, 0) is 25.5 Å². The summed E-state index contributed by atoms with van der Waals surface area (Å²) in [6.45, 7) is 6.21. The molecule has 1 aromatic rings. The third-order valence-corrected chi connectivity index (χ3v) is 6.13. The fourth-order valence-electron chi connectivity index (χ4n) is 1.87. The Balaban J connectivity index is 1.98. The van der Waals surface area contributed by atoms with E-state index in [1.807, 2.05) is 18.7 Å². The van der Waals surface area contributed by atoms with Gasteiger partial charge in [-0.2, -0.15) is 0 Å². The van der Waals surface area contributed by atoms with Crippen molar-refractivity contribution in [2.75, 3.05) is 32.8 Å². The van der Waals surface area contributed by atoms with Gasteiger partial charge in [-0.3, -0.25) is 9.69 Å². The van der Waals surface area contributed by atoms with Crippen LogP contribution in [0.5, 0.6) is 0 Å². The van der Waals surface area contributed by atoms with Crippen LogP contribution in [0.25, 0.3) is 0 Å². The van der Waals surface area contributed by atoms with Crippen molar-refractivity contribution in [2.24, 2.45) is 0 Å². The van der Waals surface area contributed by atoms with E-state index in [1.54, 1.807) is 6.07 Å². The molecule has 112 valence electrons. The van der Waals surface area contributed by atoms with Crippen LogP contribution in [0.1, 0.15) is 10.4 Å². The zero-order valence-electron chi connectivity index (χ0n) is 11.5. The second-order valence-electron chi connectivity index (χ2n) is 4.72. The fraction of sp³-hybridized carbons (Fsp3) is 0.583. The lowest BCUT2D eigenvalue weighted by molar-refractivity contribution is -0.121. The van der Waals surface area contributed by atoms with Gasteiger partial charge in [0.2, 0.25) is 5.91 Å². The second-order valence-corrected chi connectivity index (χ2v) is 7.89. The summed E-state index contributed by atoms with van der Waals surface area (Å²) in [5, 5.41) is 0. The first-order valence-electron chi connectivity index (χ1n) is 6.31. The van der Waals surface area contributed by atoms with Gasteiger partial charge in [-0.1, -0.05) is 0 Å². The molecule has 0 saturated carbocycles. The molecule has 6 nitrogen and oxygen atoms in total. The van der Waals surface area contributed by atoms with Gasteiger partial charge in [0.05, 0.1) is 19.8 Å². The number of thiophene rings is 1. The topological polar surface area (TPSA) is 75.7 Å². The van der Waals surface area contributed by atoms with Gasteiger partial charge >= 0.3 is 0 Å². The van der Waals surface area contributed by atoms with E-state index in [9.17, 15) is 13.2 Å². The Kier molecular flexibility index (Phi) is 4.79. The number of sulfonamides is 1. The van der Waals surface area contributed by atoms with Crippen molar-refractivity contribution in [2.45, 2.75) is 18.1 Å². The number of carbonyl (C=O) groups is 1. The molecule has 1 aliphatic rings. The van der Waals surface area contributed by atoms with Crippen LogP contribution in [0.4, 0.5) is 0 Å². The quantitative estimate of drug-likeness (QED) is 0.875. The zero-order chi connectivity index (χ0) is 14.8. The lowest BCUT2D eigenvalue weighted by Crippen LogP contribution is -2.44. The molecule has 0 aliphatic carbocycles. The minimum atomic E-state index is -3.75. The first-order chi connectivity index (χ1) is 9.38. The normalized spacial score (nSPS) is 17.1. The molecule has 20 heavy (non-hydrogen) atoms. The highest BCUT2D eigenvalue weighted by Crippen LogP contribution is 2.24. The summed E-state index contributed by atoms with van der Waals surface area (Å²) in [5.41, 5.74) is 0.913. The Bertz CT molecular complexity index is 569. The summed E-state index contributed by atoms with van der Waals surface area (Å²) >= 11 is 1.17. The Morgan fingerprint density at radius 1 is 1.40 bits per heavy atom. The second kappa shape index (κ2) is 6.21. The lowest BCUT2D eigenvalue weighted by Gasteiger charge is -2.25. The van der Waals surface area contributed by atoms with Crippen molar-refractivity contribution in [1.29, 1.82) is 0 Å². The molecular weight excluding hydrogens is 300 g/mol. The van der Waals surface area contributed by atoms with E-state index in [0.29, 0.717) is 26.3 Å². The standard InChI is InChI=1S/C12H18N2O4S2/c1-9-7-12(19-10(9)2)20(16,17)13-11(15)8-14-3-5-18-6-4-14/h7H,3-6,8H2,1-2H3,(H,13,15). The molecular formula is C12H18N2O4S2. The van der Waals surface area contributed by atoms with Gasteiger partial charge in [0.1, 0.15) is 4.21 Å². The summed E-state index contributed by atoms with van der Waals surface area (Å²) in [6.07, 6.45) is 0. The van der Waals surface area contributed by atoms with Crippen LogP contribution >= 0.6 is 11.3 Å². The Morgan fingerprint density at radius 2 is 2.05 bits per heavy atom. The van der Waals surface area contributed by atoms with Crippen LogP contribution in [0, 0.1) is 13.8 Å². The Hall–Kier alpha value is -0.960. The van der Waals surface area contributed by atoms with E-state index < -0.39 is 15.9 Å². The molecule has 1 fully saturated rings. The van der Waals surface area contributed by atoms with Crippen LogP contribution in [0.2, 0.25) is 0 Å². The molecule has 0 spiro atoms. The average molecular weight is 318 g/mol. The number of ether oxygens (including phenoxy) is 1. The molecule has 8 heteroatoms. The minimum Gasteiger partial charge on any atom is -0.379 e. The number of amides is 1. The average Bonchev–Trinajstić information content (AvgIpc) is 2.71. The molecule has 0 unspecified atom stereocenters. The molecule has 0 bridgehead atoms. The highest BCUT2D eigenvalue weighted by Gasteiger charge is 2.22. The number of nitrogens with zero attached hydrogens (tertiary/aromatic N) is 1. The van der Waals surface area contributed by atoms with Gasteiger partial charge in [0.15, 0.2) is 0 Å². The summed E-state index contributed by atoms with van der Waals surface area (Å²) < 4.78 is 31.7. The van der Waals surface area contributed by atoms with Crippen molar-refractivity contribution in [3.8, 4) is 0 Å². The molecule has 1 aliphatic heterocycles. The lowest BCUT2D eigenvalue weighted by atomic mass is 10.3. The molecule has 1 saturated heterocycles. The van der Waals surface area contributed by atoms with Crippen molar-refractivity contribution in [3.05, 3.63) is 16.5 Å². The SMILES string of the molecule is Cc1cc(S(=O)(=O)NC(=O)CN2CCOCC2)sc1C. The molecule has 0 atom stereocenters. The van der Waals surface area contributed by atoms with Crippen LogP contribution in [-0.2, 0) is 19.6 Å². The van der Waals surface area contributed by atoms with Gasteiger partial charge in [-0.25, -0.2) is 13.1 Å². The van der Waals surface area contributed by atoms with Crippen molar-refractivity contribution < 1.29 is 17.9 Å². The number of hydrogen-bond acceptors (Lipinski definition) is 6. The number of carbonyl (C=O) groups excluding carboxylic acids is 1. The Morgan fingerprint density at radius 3 is 2.60 bits per heavy atom. The summed E-state index contributed by atoms with van der Waals surface area (Å²) in [6, 6.07) is 1.59. The monoisotopic (exact) mass is 318 g/mol. The van der Waals surface area contributed by atoms with E-state index in [1.165, 1.54) is 11.3 Å². The third kappa shape index (κ3) is 3.78. The van der Waals surface area contributed by atoms with Gasteiger partial charge < -0.3 is 4.74 Å². The minimum absolute atomic E-state index is 0.0753. The van der Waals surface area contributed by atoms with Crippen LogP contribution < -0.4 is 4.72 Å². The van der Waals surface area contributed by atoms with E-state index in [4.69, 9.17) is 4.74 Å². The third-order valence-electron chi connectivity index (χ3n) is 3.13. The molecule has 1 amide bonds. The highest BCUT2D eigenvalue weighted by atomic mass is 32.2. The highest BCUT2D eigenvalue weighted by molar-refractivity contribution is 7.92. The largest absolute Gasteiger partial charge is 0.379 e. The molecule has 0 radical (unpaired) electrons. The number of nitrogens with one attached hydrogen (secondary N) is 1. The van der Waals surface area contributed by atoms with Crippen LogP contribution in [-0.4, -0.2) is 52.1 Å². The summed E-state index contributed by atoms with van der Waals surface area (Å²) in [7, 11) is -3.75. The number of morpholine rings is 1. The predicted molar refractivity (Wildman–Crippen MR) is 76.4 cm³/mol. The van der Waals surface area contributed by atoms with Crippen molar-refractivity contribution in [1.82, 2.24) is 9.62 Å². The van der Waals surface area contributed by atoms with Gasteiger partial charge in [-0.15, -0.1) is 11.3 Å². The predicted octanol–water partition coefficient (Wildman–Crippen LogP) is 0.502. The summed E-state index contributed by atoms with van der Waals surface area (Å²) in [4.78, 5) is 14.6. The first kappa shape index (κ1) is 15.4. The smallest absolute Gasteiger partial charge is 0.273 e. The van der Waals surface area contributed by atoms with E-state index in [2.05, 4.69) is 4.72 Å². The fourth-order valence-corrected chi connectivity index (χ4v) is 4.36. The van der Waals surface area contributed by atoms with E-state index >= 15 is 0 Å². The van der Waals surface area contributed by atoms with Gasteiger partial charge in [0, 0.05) is 18.0 Å². The molecule has 1 N–H and O–H groups in total. The number of aryl methyl sites for hydroxylation is 2. The maximum atomic E-state index is 12.1. The molecule has 0 aromatic carbocycles. The van der Waals surface area contributed by atoms with E-state index in [0.717, 1.165) is 10.4 Å². The molecule has 2 rings (SSSR count). The van der Waals surface area contributed by atoms with Crippen LogP contribution in [0.3, 0.4) is 0 Å². The molecule has 1 aromatic heterocycles. The maximum absolute atomic E-state index is 12.1. The van der Waals surface area contributed by atoms with Crippen LogP contribution in [0.15, 0.2) is 10.3 Å². The number of rotatable bonds is 4. The first-order valence-corrected chi connectivity index (χ1v) is 8.61. The summed E-state index contributed by atoms with van der Waals surface area (Å²) in [5.74, 6) is -0.504. The maximum Gasteiger partial charge on any atom is 0.273 e. The van der Waals surface area contributed by atoms with Gasteiger partial charge in [0.25, 0.3) is 10.0 Å². The molecule has 2 heterocycles. The van der Waals surface area contributed by atoms with Crippen molar-refractivity contribution in [3.63, 3.8) is 0 Å². The zero-order valence-corrected chi connectivity index (χ0v) is 13.1. The van der Waals surface area contributed by atoms with Crippen molar-refractivity contribution >= 4 is 27.3 Å². The number of hydrogen-bond donors (Lipinski definition) is 1. The van der Waals surface area contributed by atoms with E-state index in [-0.39, 0.29) is 10.8 Å².